The number of anilines is 1. The Morgan fingerprint density at radius 1 is 1.17 bits per heavy atom. The maximum absolute atomic E-state index is 13.8. The molecule has 7 heteroatoms. The summed E-state index contributed by atoms with van der Waals surface area (Å²) in [7, 11) is 0. The third-order valence-corrected chi connectivity index (χ3v) is 4.19. The van der Waals surface area contributed by atoms with Crippen molar-refractivity contribution in [2.24, 2.45) is 0 Å². The number of nitrogens with two attached hydrogens (primary N) is 1. The summed E-state index contributed by atoms with van der Waals surface area (Å²) < 4.78 is 27.3. The molecule has 0 aliphatic rings. The summed E-state index contributed by atoms with van der Waals surface area (Å²) >= 11 is 1.29. The van der Waals surface area contributed by atoms with E-state index in [1.54, 1.807) is 17.5 Å². The van der Waals surface area contributed by atoms with Gasteiger partial charge in [-0.2, -0.15) is 4.73 Å². The third kappa shape index (κ3) is 2.66. The van der Waals surface area contributed by atoms with Crippen molar-refractivity contribution in [3.63, 3.8) is 0 Å². The minimum atomic E-state index is -0.981. The van der Waals surface area contributed by atoms with Crippen LogP contribution >= 0.6 is 11.3 Å². The van der Waals surface area contributed by atoms with Crippen molar-refractivity contribution in [3.8, 4) is 10.6 Å². The van der Waals surface area contributed by atoms with Crippen molar-refractivity contribution >= 4 is 22.8 Å². The standard InChI is InChI=1S/C16H10F2N2O2S/c17-9-3-4-10(12(18)8-9)16(21)11-5-6-20(22)15(14(11)19)13-2-1-7-23-13/h1-8H,19H2. The lowest BCUT2D eigenvalue weighted by Gasteiger charge is -2.10. The van der Waals surface area contributed by atoms with E-state index in [9.17, 15) is 18.8 Å². The number of halogens is 2. The molecule has 2 aromatic heterocycles. The zero-order valence-electron chi connectivity index (χ0n) is 11.6. The molecule has 23 heavy (non-hydrogen) atoms. The molecular weight excluding hydrogens is 322 g/mol. The predicted molar refractivity (Wildman–Crippen MR) is 82.9 cm³/mol. The van der Waals surface area contributed by atoms with Crippen molar-refractivity contribution in [1.29, 1.82) is 0 Å². The molecule has 0 unspecified atom stereocenters. The van der Waals surface area contributed by atoms with Gasteiger partial charge in [-0.05, 0) is 23.6 Å². The summed E-state index contributed by atoms with van der Waals surface area (Å²) in [5.41, 5.74) is 5.74. The van der Waals surface area contributed by atoms with Crippen LogP contribution < -0.4 is 10.5 Å². The molecule has 116 valence electrons. The number of carbonyl (C=O) groups is 1. The van der Waals surface area contributed by atoms with E-state index in [0.717, 1.165) is 18.3 Å². The first kappa shape index (κ1) is 15.1. The number of carbonyl (C=O) groups excluding carboxylic acids is 1. The average Bonchev–Trinajstić information content (AvgIpc) is 3.01. The van der Waals surface area contributed by atoms with Crippen LogP contribution in [-0.2, 0) is 0 Å². The van der Waals surface area contributed by atoms with Crippen LogP contribution in [0.1, 0.15) is 15.9 Å². The Labute approximate surface area is 134 Å². The normalized spacial score (nSPS) is 10.7. The molecule has 0 atom stereocenters. The molecule has 0 fully saturated rings. The van der Waals surface area contributed by atoms with Gasteiger partial charge in [0.25, 0.3) is 5.69 Å². The summed E-state index contributed by atoms with van der Waals surface area (Å²) in [6.07, 6.45) is 1.14. The lowest BCUT2D eigenvalue weighted by molar-refractivity contribution is -0.592. The number of rotatable bonds is 3. The summed E-state index contributed by atoms with van der Waals surface area (Å²) in [4.78, 5) is 13.1. The number of aromatic nitrogens is 1. The highest BCUT2D eigenvalue weighted by Crippen LogP contribution is 2.30. The van der Waals surface area contributed by atoms with E-state index in [0.29, 0.717) is 15.7 Å². The van der Waals surface area contributed by atoms with E-state index in [1.165, 1.54) is 17.4 Å². The van der Waals surface area contributed by atoms with Crippen LogP contribution in [-0.4, -0.2) is 5.78 Å². The summed E-state index contributed by atoms with van der Waals surface area (Å²) in [6, 6.07) is 7.33. The number of benzene rings is 1. The van der Waals surface area contributed by atoms with Crippen LogP contribution in [0.15, 0.2) is 48.0 Å². The maximum Gasteiger partial charge on any atom is 0.257 e. The second kappa shape index (κ2) is 5.77. The molecule has 2 heterocycles. The van der Waals surface area contributed by atoms with E-state index in [1.807, 2.05) is 0 Å². The molecular formula is C16H10F2N2O2S. The first-order valence-electron chi connectivity index (χ1n) is 6.54. The predicted octanol–water partition coefficient (Wildman–Crippen LogP) is 3.14. The van der Waals surface area contributed by atoms with E-state index < -0.39 is 17.4 Å². The molecule has 0 aliphatic carbocycles. The number of nitrogens with zero attached hydrogens (tertiary/aromatic N) is 1. The van der Waals surface area contributed by atoms with E-state index in [-0.39, 0.29) is 22.5 Å². The Morgan fingerprint density at radius 3 is 2.61 bits per heavy atom. The number of thiophene rings is 1. The van der Waals surface area contributed by atoms with Gasteiger partial charge in [-0.3, -0.25) is 4.79 Å². The van der Waals surface area contributed by atoms with Gasteiger partial charge in [0.2, 0.25) is 0 Å². The van der Waals surface area contributed by atoms with Crippen molar-refractivity contribution in [2.75, 3.05) is 5.73 Å². The van der Waals surface area contributed by atoms with Gasteiger partial charge < -0.3 is 10.9 Å². The average molecular weight is 332 g/mol. The fourth-order valence-electron chi connectivity index (χ4n) is 2.22. The number of ketones is 1. The van der Waals surface area contributed by atoms with Crippen LogP contribution in [0.3, 0.4) is 0 Å². The lowest BCUT2D eigenvalue weighted by atomic mass is 10.0. The largest absolute Gasteiger partial charge is 0.618 e. The van der Waals surface area contributed by atoms with E-state index in [2.05, 4.69) is 0 Å². The molecule has 3 aromatic rings. The monoisotopic (exact) mass is 332 g/mol. The number of hydrogen-bond acceptors (Lipinski definition) is 4. The molecule has 0 bridgehead atoms. The highest BCUT2D eigenvalue weighted by molar-refractivity contribution is 7.13. The zero-order chi connectivity index (χ0) is 16.6. The third-order valence-electron chi connectivity index (χ3n) is 3.32. The molecule has 3 rings (SSSR count). The SMILES string of the molecule is Nc1c(C(=O)c2ccc(F)cc2F)cc[n+]([O-])c1-c1cccs1. The molecule has 0 amide bonds. The zero-order valence-corrected chi connectivity index (χ0v) is 12.4. The van der Waals surface area contributed by atoms with Gasteiger partial charge in [0.05, 0.1) is 11.1 Å². The number of nitrogen functional groups attached to an aromatic ring is 1. The second-order valence-electron chi connectivity index (χ2n) is 4.75. The fraction of sp³-hybridized carbons (Fsp3) is 0. The minimum Gasteiger partial charge on any atom is -0.618 e. The summed E-state index contributed by atoms with van der Waals surface area (Å²) in [6.45, 7) is 0. The Bertz CT molecular complexity index is 895. The quantitative estimate of drug-likeness (QED) is 0.455. The number of pyridine rings is 1. The molecule has 4 nitrogen and oxygen atoms in total. The summed E-state index contributed by atoms with van der Waals surface area (Å²) in [5.74, 6) is -2.47. The highest BCUT2D eigenvalue weighted by Gasteiger charge is 2.24. The van der Waals surface area contributed by atoms with Crippen molar-refractivity contribution < 1.29 is 18.3 Å². The summed E-state index contributed by atoms with van der Waals surface area (Å²) in [5, 5.41) is 13.7. The van der Waals surface area contributed by atoms with Crippen LogP contribution in [0.2, 0.25) is 0 Å². The molecule has 1 aromatic carbocycles. The molecule has 0 spiro atoms. The van der Waals surface area contributed by atoms with E-state index in [4.69, 9.17) is 5.73 Å². The molecule has 2 N–H and O–H groups in total. The Morgan fingerprint density at radius 2 is 1.96 bits per heavy atom. The van der Waals surface area contributed by atoms with E-state index >= 15 is 0 Å². The Balaban J connectivity index is 2.14. The Kier molecular flexibility index (Phi) is 3.79. The van der Waals surface area contributed by atoms with Crippen molar-refractivity contribution in [1.82, 2.24) is 0 Å². The van der Waals surface area contributed by atoms with Gasteiger partial charge in [0.15, 0.2) is 12.0 Å². The fourth-order valence-corrected chi connectivity index (χ4v) is 3.00. The van der Waals surface area contributed by atoms with Crippen LogP contribution in [0.5, 0.6) is 0 Å². The van der Waals surface area contributed by atoms with Gasteiger partial charge >= 0.3 is 0 Å². The van der Waals surface area contributed by atoms with Gasteiger partial charge in [-0.1, -0.05) is 6.07 Å². The topological polar surface area (TPSA) is 70.0 Å². The lowest BCUT2D eigenvalue weighted by Crippen LogP contribution is -2.30. The van der Waals surface area contributed by atoms with Crippen LogP contribution in [0, 0.1) is 16.8 Å². The number of hydrogen-bond donors (Lipinski definition) is 1. The highest BCUT2D eigenvalue weighted by atomic mass is 32.1. The first-order chi connectivity index (χ1) is 11.0. The molecule has 0 saturated heterocycles. The molecule has 0 saturated carbocycles. The van der Waals surface area contributed by atoms with Crippen molar-refractivity contribution in [3.05, 3.63) is 75.9 Å². The van der Waals surface area contributed by atoms with Crippen molar-refractivity contribution in [2.45, 2.75) is 0 Å². The molecule has 0 aliphatic heterocycles. The van der Waals surface area contributed by atoms with Gasteiger partial charge in [0, 0.05) is 12.1 Å². The molecule has 0 radical (unpaired) electrons. The Hall–Kier alpha value is -2.80. The second-order valence-corrected chi connectivity index (χ2v) is 5.70. The minimum absolute atomic E-state index is 0.00833. The van der Waals surface area contributed by atoms with Crippen LogP contribution in [0.4, 0.5) is 14.5 Å². The van der Waals surface area contributed by atoms with Gasteiger partial charge in [-0.15, -0.1) is 11.3 Å². The van der Waals surface area contributed by atoms with Gasteiger partial charge in [0.1, 0.15) is 22.2 Å². The van der Waals surface area contributed by atoms with Gasteiger partial charge in [-0.25, -0.2) is 8.78 Å². The first-order valence-corrected chi connectivity index (χ1v) is 7.42. The smallest absolute Gasteiger partial charge is 0.257 e. The van der Waals surface area contributed by atoms with Crippen LogP contribution in [0.25, 0.3) is 10.6 Å². The maximum atomic E-state index is 13.8.